The summed E-state index contributed by atoms with van der Waals surface area (Å²) in [6, 6.07) is 10.1. The molecule has 0 amide bonds. The van der Waals surface area contributed by atoms with E-state index >= 15 is 0 Å². The SMILES string of the molecule is COc1cc(/C=N/N=C/c2ccc(O)c(C)c2)ccc1O. The van der Waals surface area contributed by atoms with Crippen LogP contribution in [-0.2, 0) is 0 Å². The summed E-state index contributed by atoms with van der Waals surface area (Å²) in [7, 11) is 1.49. The fourth-order valence-electron chi connectivity index (χ4n) is 1.73. The Morgan fingerprint density at radius 2 is 1.48 bits per heavy atom. The number of ether oxygens (including phenoxy) is 1. The molecule has 0 heterocycles. The minimum Gasteiger partial charge on any atom is -0.508 e. The normalized spacial score (nSPS) is 11.3. The van der Waals surface area contributed by atoms with Crippen LogP contribution in [0.5, 0.6) is 17.2 Å². The van der Waals surface area contributed by atoms with Crippen molar-refractivity contribution in [3.8, 4) is 17.2 Å². The van der Waals surface area contributed by atoms with Gasteiger partial charge in [0.15, 0.2) is 11.5 Å². The zero-order chi connectivity index (χ0) is 15.2. The van der Waals surface area contributed by atoms with Gasteiger partial charge < -0.3 is 14.9 Å². The zero-order valence-electron chi connectivity index (χ0n) is 11.8. The predicted molar refractivity (Wildman–Crippen MR) is 82.7 cm³/mol. The third-order valence-electron chi connectivity index (χ3n) is 2.90. The number of hydrogen-bond donors (Lipinski definition) is 2. The summed E-state index contributed by atoms with van der Waals surface area (Å²) < 4.78 is 5.01. The fraction of sp³-hybridized carbons (Fsp3) is 0.125. The lowest BCUT2D eigenvalue weighted by Crippen LogP contribution is -1.87. The van der Waals surface area contributed by atoms with Gasteiger partial charge in [-0.05, 0) is 60.0 Å². The number of nitrogens with zero attached hydrogens (tertiary/aromatic N) is 2. The van der Waals surface area contributed by atoms with E-state index in [9.17, 15) is 10.2 Å². The molecule has 0 bridgehead atoms. The van der Waals surface area contributed by atoms with E-state index in [1.807, 2.05) is 13.0 Å². The lowest BCUT2D eigenvalue weighted by molar-refractivity contribution is 0.373. The highest BCUT2D eigenvalue weighted by Gasteiger charge is 2.00. The first-order valence-corrected chi connectivity index (χ1v) is 6.33. The molecule has 0 aromatic heterocycles. The van der Waals surface area contributed by atoms with Gasteiger partial charge in [0.1, 0.15) is 5.75 Å². The summed E-state index contributed by atoms with van der Waals surface area (Å²) in [4.78, 5) is 0. The first-order valence-electron chi connectivity index (χ1n) is 6.33. The van der Waals surface area contributed by atoms with Crippen molar-refractivity contribution in [1.82, 2.24) is 0 Å². The molecule has 5 heteroatoms. The Bertz CT molecular complexity index is 694. The molecule has 0 saturated carbocycles. The Hall–Kier alpha value is -2.82. The monoisotopic (exact) mass is 284 g/mol. The number of phenolic OH excluding ortho intramolecular Hbond substituents is 2. The highest BCUT2D eigenvalue weighted by atomic mass is 16.5. The van der Waals surface area contributed by atoms with Crippen molar-refractivity contribution in [3.05, 3.63) is 53.1 Å². The van der Waals surface area contributed by atoms with Gasteiger partial charge in [0, 0.05) is 0 Å². The van der Waals surface area contributed by atoms with Crippen LogP contribution in [0.15, 0.2) is 46.6 Å². The maximum absolute atomic E-state index is 9.48. The van der Waals surface area contributed by atoms with Gasteiger partial charge in [0.25, 0.3) is 0 Å². The number of aryl methyl sites for hydroxylation is 1. The summed E-state index contributed by atoms with van der Waals surface area (Å²) in [5.74, 6) is 0.724. The van der Waals surface area contributed by atoms with Gasteiger partial charge in [0.05, 0.1) is 19.5 Å². The summed E-state index contributed by atoms with van der Waals surface area (Å²) in [5, 5.41) is 26.8. The topological polar surface area (TPSA) is 74.4 Å². The Labute approximate surface area is 122 Å². The first-order chi connectivity index (χ1) is 10.1. The van der Waals surface area contributed by atoms with Crippen molar-refractivity contribution in [1.29, 1.82) is 0 Å². The van der Waals surface area contributed by atoms with E-state index in [1.165, 1.54) is 13.2 Å². The van der Waals surface area contributed by atoms with Crippen molar-refractivity contribution >= 4 is 12.4 Å². The summed E-state index contributed by atoms with van der Waals surface area (Å²) in [6.07, 6.45) is 3.16. The maximum atomic E-state index is 9.48. The molecule has 2 aromatic carbocycles. The van der Waals surface area contributed by atoms with Crippen molar-refractivity contribution < 1.29 is 14.9 Å². The van der Waals surface area contributed by atoms with Crippen molar-refractivity contribution in [2.45, 2.75) is 6.92 Å². The Kier molecular flexibility index (Phi) is 4.56. The van der Waals surface area contributed by atoms with Crippen LogP contribution in [0.2, 0.25) is 0 Å². The third kappa shape index (κ3) is 3.82. The number of hydrogen-bond acceptors (Lipinski definition) is 5. The van der Waals surface area contributed by atoms with Crippen molar-refractivity contribution in [3.63, 3.8) is 0 Å². The molecule has 0 aliphatic rings. The van der Waals surface area contributed by atoms with Gasteiger partial charge in [0.2, 0.25) is 0 Å². The second-order valence-electron chi connectivity index (χ2n) is 4.47. The van der Waals surface area contributed by atoms with Gasteiger partial charge >= 0.3 is 0 Å². The van der Waals surface area contributed by atoms with Crippen LogP contribution >= 0.6 is 0 Å². The van der Waals surface area contributed by atoms with E-state index in [0.29, 0.717) is 5.75 Å². The molecule has 0 saturated heterocycles. The van der Waals surface area contributed by atoms with E-state index in [1.54, 1.807) is 36.7 Å². The molecule has 0 spiro atoms. The minimum absolute atomic E-state index is 0.0812. The summed E-state index contributed by atoms with van der Waals surface area (Å²) in [5.41, 5.74) is 2.40. The van der Waals surface area contributed by atoms with Gasteiger partial charge in [-0.3, -0.25) is 0 Å². The Morgan fingerprint density at radius 3 is 2.05 bits per heavy atom. The summed E-state index contributed by atoms with van der Waals surface area (Å²) >= 11 is 0. The molecule has 21 heavy (non-hydrogen) atoms. The van der Waals surface area contributed by atoms with Crippen molar-refractivity contribution in [2.75, 3.05) is 7.11 Å². The molecule has 0 aliphatic carbocycles. The molecule has 2 rings (SSSR count). The molecule has 2 aromatic rings. The predicted octanol–water partition coefficient (Wildman–Crippen LogP) is 2.87. The number of benzene rings is 2. The van der Waals surface area contributed by atoms with Crippen molar-refractivity contribution in [2.24, 2.45) is 10.2 Å². The number of methoxy groups -OCH3 is 1. The highest BCUT2D eigenvalue weighted by Crippen LogP contribution is 2.25. The molecule has 0 aliphatic heterocycles. The van der Waals surface area contributed by atoms with Crippen LogP contribution in [0.25, 0.3) is 0 Å². The zero-order valence-corrected chi connectivity index (χ0v) is 11.8. The second-order valence-corrected chi connectivity index (χ2v) is 4.47. The second kappa shape index (κ2) is 6.56. The van der Waals surface area contributed by atoms with Crippen LogP contribution in [-0.4, -0.2) is 29.8 Å². The lowest BCUT2D eigenvalue weighted by atomic mass is 10.1. The van der Waals surface area contributed by atoms with Gasteiger partial charge in [-0.1, -0.05) is 0 Å². The standard InChI is InChI=1S/C16H16N2O3/c1-11-7-12(3-5-14(11)19)9-17-18-10-13-4-6-15(20)16(8-13)21-2/h3-10,19-20H,1-2H3/b17-9+,18-10+. The van der Waals surface area contributed by atoms with Gasteiger partial charge in [-0.15, -0.1) is 0 Å². The van der Waals surface area contributed by atoms with Gasteiger partial charge in [-0.25, -0.2) is 0 Å². The molecular formula is C16H16N2O3. The van der Waals surface area contributed by atoms with E-state index in [-0.39, 0.29) is 11.5 Å². The third-order valence-corrected chi connectivity index (χ3v) is 2.90. The van der Waals surface area contributed by atoms with E-state index in [4.69, 9.17) is 4.74 Å². The average molecular weight is 284 g/mol. The number of phenols is 2. The smallest absolute Gasteiger partial charge is 0.161 e. The molecule has 2 N–H and O–H groups in total. The quantitative estimate of drug-likeness (QED) is 0.669. The maximum Gasteiger partial charge on any atom is 0.161 e. The summed E-state index contributed by atoms with van der Waals surface area (Å²) in [6.45, 7) is 1.82. The largest absolute Gasteiger partial charge is 0.508 e. The lowest BCUT2D eigenvalue weighted by Gasteiger charge is -2.02. The minimum atomic E-state index is 0.0812. The Morgan fingerprint density at radius 1 is 0.905 bits per heavy atom. The fourth-order valence-corrected chi connectivity index (χ4v) is 1.73. The molecule has 108 valence electrons. The molecule has 0 radical (unpaired) electrons. The van der Waals surface area contributed by atoms with Crippen LogP contribution in [0.3, 0.4) is 0 Å². The van der Waals surface area contributed by atoms with E-state index in [2.05, 4.69) is 10.2 Å². The van der Waals surface area contributed by atoms with E-state index in [0.717, 1.165) is 16.7 Å². The molecule has 0 fully saturated rings. The molecule has 5 nitrogen and oxygen atoms in total. The van der Waals surface area contributed by atoms with E-state index < -0.39 is 0 Å². The van der Waals surface area contributed by atoms with Crippen LogP contribution in [0.1, 0.15) is 16.7 Å². The van der Waals surface area contributed by atoms with Gasteiger partial charge in [-0.2, -0.15) is 10.2 Å². The van der Waals surface area contributed by atoms with Crippen LogP contribution in [0, 0.1) is 6.92 Å². The molecular weight excluding hydrogens is 268 g/mol. The highest BCUT2D eigenvalue weighted by molar-refractivity contribution is 5.83. The molecule has 0 unspecified atom stereocenters. The Balaban J connectivity index is 2.07. The van der Waals surface area contributed by atoms with Crippen LogP contribution in [0.4, 0.5) is 0 Å². The number of aromatic hydroxyl groups is 2. The first kappa shape index (κ1) is 14.6. The average Bonchev–Trinajstić information content (AvgIpc) is 2.48. The molecule has 0 atom stereocenters. The number of rotatable bonds is 4. The van der Waals surface area contributed by atoms with Crippen LogP contribution < -0.4 is 4.74 Å².